The van der Waals surface area contributed by atoms with Crippen molar-refractivity contribution in [1.29, 1.82) is 0 Å². The number of aromatic nitrogens is 7. The molecular weight excluding hydrogens is 1640 g/mol. The number of benzene rings is 19. The number of pyridine rings is 2. The first-order chi connectivity index (χ1) is 66.9. The van der Waals surface area contributed by atoms with Crippen LogP contribution in [0.3, 0.4) is 0 Å². The standard InChI is InChI=1S/C47H32N2.C46H31N3.C35H24N2/c1-3-11-33(12-4-1)35-19-23-38(24-20-35)44-31-40(32-45(48-44)39-25-21-36(22-26-39)34-13-5-2-6-14-34)37-27-29-41(30-28-37)49-46-17-9-7-15-42(46)43-16-8-10-18-47(43)49;1-3-11-32(12-4-1)34-19-23-36(24-20-34)42-31-43(48-46(47-42)38-25-21-35(22-26-38)33-13-5-2-6-14-33)37-27-29-39(30-28-37)49-44-17-9-7-15-40(44)41-16-8-10-18-45(41)49;1-3-12-25(13-4-1)32-23-28(24-33(36-32)26-14-5-2-6-15-26)27-16-11-17-29(22-27)37-34-20-9-7-18-30(34)31-19-8-10-21-35(31)37/h1-32H;1-31H;1-24H. The molecule has 0 amide bonds. The quantitative estimate of drug-likeness (QED) is 0.0967. The molecular formula is C128H87N7. The molecule has 7 nitrogen and oxygen atoms in total. The highest BCUT2D eigenvalue weighted by atomic mass is 15.0. The summed E-state index contributed by atoms with van der Waals surface area (Å²) in [6, 6.07) is 187. The smallest absolute Gasteiger partial charge is 0.160 e. The maximum absolute atomic E-state index is 5.23. The van der Waals surface area contributed by atoms with E-state index in [9.17, 15) is 0 Å². The molecule has 0 saturated carbocycles. The predicted molar refractivity (Wildman–Crippen MR) is 564 cm³/mol. The maximum atomic E-state index is 5.23. The molecule has 19 aromatic carbocycles. The molecule has 6 aromatic heterocycles. The van der Waals surface area contributed by atoms with Crippen LogP contribution in [0, 0.1) is 0 Å². The van der Waals surface area contributed by atoms with Gasteiger partial charge in [-0.1, -0.05) is 425 Å². The Morgan fingerprint density at radius 3 is 0.600 bits per heavy atom. The van der Waals surface area contributed by atoms with E-state index in [-0.39, 0.29) is 0 Å². The van der Waals surface area contributed by atoms with Crippen molar-refractivity contribution in [2.45, 2.75) is 0 Å². The Morgan fingerprint density at radius 2 is 0.304 bits per heavy atom. The summed E-state index contributed by atoms with van der Waals surface area (Å²) in [6.45, 7) is 0. The topological polar surface area (TPSA) is 66.3 Å². The van der Waals surface area contributed by atoms with Crippen LogP contribution in [-0.2, 0) is 0 Å². The SMILES string of the molecule is c1ccc(-c2cc(-c3cccc(-n4c5ccccc5c5ccccc54)c3)cc(-c3ccccc3)n2)cc1.c1ccc(-c2ccc(-c3cc(-c4ccc(-n5c6ccccc6c6ccccc65)cc4)cc(-c4ccc(-c5ccccc5)cc4)n3)cc2)cc1.c1ccc(-c2ccc(-c3cc(-c4ccc(-n5c6ccccc6c6ccccc65)cc4)nc(-c4ccc(-c5ccccc5)cc4)n3)cc2)cc1. The molecule has 7 heteroatoms. The Labute approximate surface area is 784 Å². The summed E-state index contributed by atoms with van der Waals surface area (Å²) in [5.41, 5.74) is 37.8. The lowest BCUT2D eigenvalue weighted by atomic mass is 9.97. The van der Waals surface area contributed by atoms with Crippen LogP contribution in [0.4, 0.5) is 0 Å². The van der Waals surface area contributed by atoms with Crippen molar-refractivity contribution in [3.63, 3.8) is 0 Å². The number of fused-ring (bicyclic) bond motifs is 9. The molecule has 25 aromatic rings. The van der Waals surface area contributed by atoms with Crippen LogP contribution in [0.15, 0.2) is 528 Å². The van der Waals surface area contributed by atoms with E-state index >= 15 is 0 Å². The van der Waals surface area contributed by atoms with Gasteiger partial charge >= 0.3 is 0 Å². The zero-order chi connectivity index (χ0) is 89.8. The van der Waals surface area contributed by atoms with Crippen molar-refractivity contribution in [2.24, 2.45) is 0 Å². The second-order valence-electron chi connectivity index (χ2n) is 34.0. The summed E-state index contributed by atoms with van der Waals surface area (Å²) < 4.78 is 7.07. The van der Waals surface area contributed by atoms with Gasteiger partial charge in [-0.2, -0.15) is 0 Å². The number of hydrogen-bond donors (Lipinski definition) is 0. The normalized spacial score (nSPS) is 11.3. The van der Waals surface area contributed by atoms with E-state index in [1.807, 2.05) is 24.3 Å². The second kappa shape index (κ2) is 36.5. The zero-order valence-corrected chi connectivity index (χ0v) is 73.9. The Hall–Kier alpha value is -18.0. The van der Waals surface area contributed by atoms with Gasteiger partial charge in [0.15, 0.2) is 5.82 Å². The maximum Gasteiger partial charge on any atom is 0.160 e. The molecule has 0 N–H and O–H groups in total. The second-order valence-corrected chi connectivity index (χ2v) is 34.0. The van der Waals surface area contributed by atoms with Gasteiger partial charge in [0.2, 0.25) is 0 Å². The molecule has 0 aliphatic heterocycles. The molecule has 0 unspecified atom stereocenters. The minimum atomic E-state index is 0.700. The number of para-hydroxylation sites is 6. The third-order valence-electron chi connectivity index (χ3n) is 25.7. The van der Waals surface area contributed by atoms with E-state index in [2.05, 4.69) is 517 Å². The van der Waals surface area contributed by atoms with Crippen LogP contribution in [-0.4, -0.2) is 33.6 Å². The lowest BCUT2D eigenvalue weighted by Crippen LogP contribution is -1.97. The van der Waals surface area contributed by atoms with E-state index in [1.165, 1.54) is 104 Å². The number of hydrogen-bond acceptors (Lipinski definition) is 4. The molecule has 0 atom stereocenters. The van der Waals surface area contributed by atoms with Crippen molar-refractivity contribution in [3.05, 3.63) is 528 Å². The third kappa shape index (κ3) is 16.5. The Bertz CT molecular complexity index is 7770. The lowest BCUT2D eigenvalue weighted by molar-refractivity contribution is 1.17. The third-order valence-corrected chi connectivity index (χ3v) is 25.7. The van der Waals surface area contributed by atoms with Crippen molar-refractivity contribution in [3.8, 4) is 163 Å². The molecule has 0 spiro atoms. The molecule has 6 heterocycles. The fourth-order valence-corrected chi connectivity index (χ4v) is 18.9. The minimum Gasteiger partial charge on any atom is -0.309 e. The summed E-state index contributed by atoms with van der Waals surface area (Å²) in [4.78, 5) is 20.5. The van der Waals surface area contributed by atoms with Gasteiger partial charge < -0.3 is 13.7 Å². The zero-order valence-electron chi connectivity index (χ0n) is 73.9. The highest BCUT2D eigenvalue weighted by molar-refractivity contribution is 6.12. The largest absolute Gasteiger partial charge is 0.309 e. The molecule has 25 rings (SSSR count). The van der Waals surface area contributed by atoms with E-state index in [1.54, 1.807) is 0 Å². The van der Waals surface area contributed by atoms with Gasteiger partial charge in [-0.3, -0.25) is 0 Å². The summed E-state index contributed by atoms with van der Waals surface area (Å²) in [7, 11) is 0. The first-order valence-electron chi connectivity index (χ1n) is 45.9. The first kappa shape index (κ1) is 81.4. The summed E-state index contributed by atoms with van der Waals surface area (Å²) in [5, 5.41) is 7.58. The molecule has 0 aliphatic rings. The van der Waals surface area contributed by atoms with Crippen LogP contribution < -0.4 is 0 Å². The predicted octanol–water partition coefficient (Wildman–Crippen LogP) is 33.6. The Morgan fingerprint density at radius 1 is 0.111 bits per heavy atom. The summed E-state index contributed by atoms with van der Waals surface area (Å²) >= 11 is 0. The highest BCUT2D eigenvalue weighted by Gasteiger charge is 2.21. The van der Waals surface area contributed by atoms with Gasteiger partial charge in [-0.05, 0) is 170 Å². The fourth-order valence-electron chi connectivity index (χ4n) is 18.9. The first-order valence-corrected chi connectivity index (χ1v) is 45.9. The van der Waals surface area contributed by atoms with E-state index < -0.39 is 0 Å². The average Bonchev–Trinajstić information content (AvgIpc) is 1.70. The van der Waals surface area contributed by atoms with Crippen LogP contribution >= 0.6 is 0 Å². The lowest BCUT2D eigenvalue weighted by Gasteiger charge is -2.13. The minimum absolute atomic E-state index is 0.700. The van der Waals surface area contributed by atoms with Gasteiger partial charge in [0.1, 0.15) is 0 Å². The van der Waals surface area contributed by atoms with E-state index in [0.717, 1.165) is 118 Å². The molecule has 135 heavy (non-hydrogen) atoms. The summed E-state index contributed by atoms with van der Waals surface area (Å²) in [6.07, 6.45) is 0. The van der Waals surface area contributed by atoms with Crippen LogP contribution in [0.2, 0.25) is 0 Å². The Kier molecular flexibility index (Phi) is 22.0. The molecule has 0 radical (unpaired) electrons. The van der Waals surface area contributed by atoms with Crippen LogP contribution in [0.1, 0.15) is 0 Å². The van der Waals surface area contributed by atoms with Crippen LogP contribution in [0.25, 0.3) is 228 Å². The Balaban J connectivity index is 0.000000115. The molecule has 0 bridgehead atoms. The molecule has 634 valence electrons. The average molecular weight is 1720 g/mol. The summed E-state index contributed by atoms with van der Waals surface area (Å²) in [5.74, 6) is 0.700. The van der Waals surface area contributed by atoms with Crippen LogP contribution in [0.5, 0.6) is 0 Å². The van der Waals surface area contributed by atoms with Gasteiger partial charge in [-0.15, -0.1) is 0 Å². The van der Waals surface area contributed by atoms with Gasteiger partial charge in [0.25, 0.3) is 0 Å². The van der Waals surface area contributed by atoms with E-state index in [0.29, 0.717) is 5.82 Å². The van der Waals surface area contributed by atoms with Gasteiger partial charge in [-0.25, -0.2) is 19.9 Å². The van der Waals surface area contributed by atoms with Gasteiger partial charge in [0.05, 0.1) is 67.3 Å². The molecule has 0 fully saturated rings. The molecule has 0 saturated heterocycles. The van der Waals surface area contributed by atoms with Crippen molar-refractivity contribution >= 4 is 65.4 Å². The van der Waals surface area contributed by atoms with Crippen molar-refractivity contribution in [1.82, 2.24) is 33.6 Å². The fraction of sp³-hybridized carbons (Fsp3) is 0. The number of nitrogens with zero attached hydrogens (tertiary/aromatic N) is 7. The van der Waals surface area contributed by atoms with Crippen molar-refractivity contribution < 1.29 is 0 Å². The van der Waals surface area contributed by atoms with Crippen molar-refractivity contribution in [2.75, 3.05) is 0 Å². The number of rotatable bonds is 16. The molecule has 0 aliphatic carbocycles. The van der Waals surface area contributed by atoms with Gasteiger partial charge in [0, 0.05) is 88.3 Å². The monoisotopic (exact) mass is 1720 g/mol. The van der Waals surface area contributed by atoms with E-state index in [4.69, 9.17) is 19.9 Å². The highest BCUT2D eigenvalue weighted by Crippen LogP contribution is 2.42.